The maximum atomic E-state index is 5.60. The Morgan fingerprint density at radius 2 is 2.31 bits per heavy atom. The van der Waals surface area contributed by atoms with Crippen molar-refractivity contribution in [2.24, 2.45) is 5.73 Å². The summed E-state index contributed by atoms with van der Waals surface area (Å²) in [4.78, 5) is 10.5. The molecule has 0 amide bonds. The van der Waals surface area contributed by atoms with E-state index in [0.717, 1.165) is 6.42 Å². The maximum absolute atomic E-state index is 5.60. The molecular weight excluding hydrogens is 204 g/mol. The first-order chi connectivity index (χ1) is 7.69. The number of anilines is 1. The largest absolute Gasteiger partial charge is 0.478 e. The highest BCUT2D eigenvalue weighted by molar-refractivity contribution is 5.32. The second-order valence-electron chi connectivity index (χ2n) is 3.74. The zero-order chi connectivity index (χ0) is 12.0. The summed E-state index contributed by atoms with van der Waals surface area (Å²) in [6.45, 7) is 5.33. The third-order valence-electron chi connectivity index (χ3n) is 2.39. The van der Waals surface area contributed by atoms with Gasteiger partial charge in [-0.15, -0.1) is 0 Å². The van der Waals surface area contributed by atoms with Crippen LogP contribution in [0.1, 0.15) is 20.3 Å². The Bertz CT molecular complexity index is 319. The summed E-state index contributed by atoms with van der Waals surface area (Å²) < 4.78 is 5.45. The molecule has 0 saturated heterocycles. The molecule has 1 aromatic heterocycles. The van der Waals surface area contributed by atoms with Gasteiger partial charge < -0.3 is 15.4 Å². The number of rotatable bonds is 6. The van der Waals surface area contributed by atoms with E-state index in [9.17, 15) is 0 Å². The summed E-state index contributed by atoms with van der Waals surface area (Å²) in [7, 11) is 1.93. The fraction of sp³-hybridized carbons (Fsp3) is 0.636. The Labute approximate surface area is 96.6 Å². The summed E-state index contributed by atoms with van der Waals surface area (Å²) >= 11 is 0. The number of likely N-dealkylation sites (N-methyl/N-ethyl adjacent to an activating group) is 1. The Hall–Kier alpha value is -1.36. The molecule has 0 aliphatic carbocycles. The quantitative estimate of drug-likeness (QED) is 0.782. The van der Waals surface area contributed by atoms with E-state index in [1.165, 1.54) is 0 Å². The molecule has 0 bridgehead atoms. The van der Waals surface area contributed by atoms with Gasteiger partial charge >= 0.3 is 0 Å². The SMILES string of the molecule is CCCOc1ccnc(N(C)C(C)CN)n1. The fourth-order valence-electron chi connectivity index (χ4n) is 1.14. The van der Waals surface area contributed by atoms with Gasteiger partial charge in [-0.05, 0) is 13.3 Å². The third kappa shape index (κ3) is 3.34. The molecule has 90 valence electrons. The van der Waals surface area contributed by atoms with E-state index in [1.54, 1.807) is 12.3 Å². The second-order valence-corrected chi connectivity index (χ2v) is 3.74. The molecule has 1 unspecified atom stereocenters. The monoisotopic (exact) mass is 224 g/mol. The van der Waals surface area contributed by atoms with Gasteiger partial charge in [-0.25, -0.2) is 4.98 Å². The number of aromatic nitrogens is 2. The Balaban J connectivity index is 2.73. The Morgan fingerprint density at radius 1 is 1.56 bits per heavy atom. The van der Waals surface area contributed by atoms with Crippen molar-refractivity contribution in [3.05, 3.63) is 12.3 Å². The molecule has 1 atom stereocenters. The first-order valence-electron chi connectivity index (χ1n) is 5.57. The second kappa shape index (κ2) is 6.27. The highest BCUT2D eigenvalue weighted by Gasteiger charge is 2.11. The molecule has 16 heavy (non-hydrogen) atoms. The Morgan fingerprint density at radius 3 is 2.94 bits per heavy atom. The van der Waals surface area contributed by atoms with Crippen LogP contribution in [0.3, 0.4) is 0 Å². The summed E-state index contributed by atoms with van der Waals surface area (Å²) in [5.74, 6) is 1.26. The molecular formula is C11H20N4O. The van der Waals surface area contributed by atoms with Gasteiger partial charge in [0.15, 0.2) is 0 Å². The van der Waals surface area contributed by atoms with Crippen LogP contribution in [0, 0.1) is 0 Å². The van der Waals surface area contributed by atoms with Crippen molar-refractivity contribution in [2.75, 3.05) is 25.1 Å². The lowest BCUT2D eigenvalue weighted by molar-refractivity contribution is 0.304. The predicted molar refractivity (Wildman–Crippen MR) is 64.7 cm³/mol. The number of hydrogen-bond acceptors (Lipinski definition) is 5. The Kier molecular flexibility index (Phi) is 4.98. The van der Waals surface area contributed by atoms with Gasteiger partial charge in [-0.1, -0.05) is 6.92 Å². The predicted octanol–water partition coefficient (Wildman–Crippen LogP) is 1.05. The average Bonchev–Trinajstić information content (AvgIpc) is 2.34. The number of hydrogen-bond donors (Lipinski definition) is 1. The summed E-state index contributed by atoms with van der Waals surface area (Å²) in [6, 6.07) is 1.97. The lowest BCUT2D eigenvalue weighted by Gasteiger charge is -2.23. The molecule has 0 aromatic carbocycles. The first-order valence-corrected chi connectivity index (χ1v) is 5.57. The lowest BCUT2D eigenvalue weighted by Crippen LogP contribution is -2.36. The lowest BCUT2D eigenvalue weighted by atomic mass is 10.3. The molecule has 2 N–H and O–H groups in total. The van der Waals surface area contributed by atoms with E-state index in [-0.39, 0.29) is 6.04 Å². The third-order valence-corrected chi connectivity index (χ3v) is 2.39. The molecule has 0 aliphatic rings. The minimum atomic E-state index is 0.210. The van der Waals surface area contributed by atoms with Gasteiger partial charge in [-0.2, -0.15) is 4.98 Å². The number of nitrogens with zero attached hydrogens (tertiary/aromatic N) is 3. The van der Waals surface area contributed by atoms with Crippen LogP contribution < -0.4 is 15.4 Å². The van der Waals surface area contributed by atoms with Crippen LogP contribution in [0.15, 0.2) is 12.3 Å². The van der Waals surface area contributed by atoms with Crippen molar-refractivity contribution in [3.8, 4) is 5.88 Å². The van der Waals surface area contributed by atoms with E-state index in [4.69, 9.17) is 10.5 Å². The summed E-state index contributed by atoms with van der Waals surface area (Å²) in [5.41, 5.74) is 5.60. The zero-order valence-corrected chi connectivity index (χ0v) is 10.2. The van der Waals surface area contributed by atoms with E-state index in [1.807, 2.05) is 18.9 Å². The van der Waals surface area contributed by atoms with Crippen molar-refractivity contribution in [2.45, 2.75) is 26.3 Å². The number of ether oxygens (including phenoxy) is 1. The van der Waals surface area contributed by atoms with Crippen molar-refractivity contribution in [3.63, 3.8) is 0 Å². The molecule has 0 saturated carbocycles. The summed E-state index contributed by atoms with van der Waals surface area (Å²) in [5, 5.41) is 0. The van der Waals surface area contributed by atoms with E-state index >= 15 is 0 Å². The first kappa shape index (κ1) is 12.7. The average molecular weight is 224 g/mol. The molecule has 0 fully saturated rings. The van der Waals surface area contributed by atoms with E-state index < -0.39 is 0 Å². The van der Waals surface area contributed by atoms with Crippen LogP contribution in [0.5, 0.6) is 5.88 Å². The molecule has 1 rings (SSSR count). The molecule has 5 nitrogen and oxygen atoms in total. The van der Waals surface area contributed by atoms with Crippen LogP contribution >= 0.6 is 0 Å². The van der Waals surface area contributed by atoms with Gasteiger partial charge in [0, 0.05) is 31.9 Å². The van der Waals surface area contributed by atoms with Crippen LogP contribution in [0.2, 0.25) is 0 Å². The van der Waals surface area contributed by atoms with Crippen LogP contribution in [-0.2, 0) is 0 Å². The molecule has 0 aliphatic heterocycles. The van der Waals surface area contributed by atoms with Crippen molar-refractivity contribution in [1.29, 1.82) is 0 Å². The van der Waals surface area contributed by atoms with E-state index in [2.05, 4.69) is 16.9 Å². The highest BCUT2D eigenvalue weighted by Crippen LogP contribution is 2.13. The normalized spacial score (nSPS) is 12.2. The van der Waals surface area contributed by atoms with Crippen LogP contribution in [0.4, 0.5) is 5.95 Å². The van der Waals surface area contributed by atoms with Gasteiger partial charge in [0.25, 0.3) is 0 Å². The smallest absolute Gasteiger partial charge is 0.228 e. The minimum Gasteiger partial charge on any atom is -0.478 e. The highest BCUT2D eigenvalue weighted by atomic mass is 16.5. The molecule has 0 spiro atoms. The van der Waals surface area contributed by atoms with Gasteiger partial charge in [-0.3, -0.25) is 0 Å². The van der Waals surface area contributed by atoms with Gasteiger partial charge in [0.1, 0.15) is 0 Å². The summed E-state index contributed by atoms with van der Waals surface area (Å²) in [6.07, 6.45) is 2.67. The molecule has 1 heterocycles. The van der Waals surface area contributed by atoms with Crippen molar-refractivity contribution >= 4 is 5.95 Å². The van der Waals surface area contributed by atoms with Gasteiger partial charge in [0.05, 0.1) is 6.61 Å². The molecule has 1 aromatic rings. The molecule has 0 radical (unpaired) electrons. The maximum Gasteiger partial charge on any atom is 0.228 e. The van der Waals surface area contributed by atoms with Crippen LogP contribution in [-0.4, -0.2) is 36.2 Å². The molecule has 5 heteroatoms. The van der Waals surface area contributed by atoms with Crippen molar-refractivity contribution < 1.29 is 4.74 Å². The van der Waals surface area contributed by atoms with Crippen molar-refractivity contribution in [1.82, 2.24) is 9.97 Å². The van der Waals surface area contributed by atoms with Crippen LogP contribution in [0.25, 0.3) is 0 Å². The minimum absolute atomic E-state index is 0.210. The zero-order valence-electron chi connectivity index (χ0n) is 10.2. The van der Waals surface area contributed by atoms with E-state index in [0.29, 0.717) is 25.0 Å². The number of nitrogens with two attached hydrogens (primary N) is 1. The topological polar surface area (TPSA) is 64.3 Å². The standard InChI is InChI=1S/C11H20N4O/c1-4-7-16-10-5-6-13-11(14-10)15(3)9(2)8-12/h5-6,9H,4,7-8,12H2,1-3H3. The fourth-order valence-corrected chi connectivity index (χ4v) is 1.14. The van der Waals surface area contributed by atoms with Gasteiger partial charge in [0.2, 0.25) is 11.8 Å².